The van der Waals surface area contributed by atoms with Crippen molar-refractivity contribution < 1.29 is 18.7 Å². The molecular weight excluding hydrogens is 467 g/mol. The summed E-state index contributed by atoms with van der Waals surface area (Å²) < 4.78 is 26.6. The van der Waals surface area contributed by atoms with Gasteiger partial charge >= 0.3 is 5.97 Å². The van der Waals surface area contributed by atoms with Crippen molar-refractivity contribution in [2.75, 3.05) is 13.2 Å². The second-order valence-corrected chi connectivity index (χ2v) is 9.64. The van der Waals surface area contributed by atoms with Crippen LogP contribution in [0.2, 0.25) is 0 Å². The summed E-state index contributed by atoms with van der Waals surface area (Å²) in [5.74, 6) is 0.242. The van der Waals surface area contributed by atoms with Gasteiger partial charge in [0.05, 0.1) is 35.1 Å². The number of fused-ring (bicyclic) bond motifs is 1. The number of allylic oxidation sites excluding steroid dienone is 1. The van der Waals surface area contributed by atoms with Gasteiger partial charge in [-0.05, 0) is 61.2 Å². The van der Waals surface area contributed by atoms with Gasteiger partial charge in [-0.25, -0.2) is 14.2 Å². The first kappa shape index (κ1) is 24.6. The number of thiazole rings is 1. The van der Waals surface area contributed by atoms with Gasteiger partial charge in [-0.2, -0.15) is 0 Å². The predicted octanol–water partition coefficient (Wildman–Crippen LogP) is 3.97. The van der Waals surface area contributed by atoms with Gasteiger partial charge in [0.25, 0.3) is 5.56 Å². The molecule has 0 spiro atoms. The van der Waals surface area contributed by atoms with Crippen LogP contribution in [0.3, 0.4) is 0 Å². The highest BCUT2D eigenvalue weighted by Gasteiger charge is 2.33. The Morgan fingerprint density at radius 2 is 1.86 bits per heavy atom. The monoisotopic (exact) mass is 494 g/mol. The lowest BCUT2D eigenvalue weighted by molar-refractivity contribution is -0.139. The summed E-state index contributed by atoms with van der Waals surface area (Å²) in [5.41, 5.74) is 1.90. The minimum Gasteiger partial charge on any atom is -0.493 e. The van der Waals surface area contributed by atoms with E-state index in [2.05, 4.69) is 18.8 Å². The zero-order valence-corrected chi connectivity index (χ0v) is 20.9. The zero-order chi connectivity index (χ0) is 25.1. The van der Waals surface area contributed by atoms with Crippen LogP contribution in [0.15, 0.2) is 69.6 Å². The molecule has 0 fully saturated rings. The van der Waals surface area contributed by atoms with E-state index in [1.807, 2.05) is 24.3 Å². The Bertz CT molecular complexity index is 1430. The fourth-order valence-corrected chi connectivity index (χ4v) is 4.87. The number of aromatic nitrogens is 1. The molecule has 0 bridgehead atoms. The van der Waals surface area contributed by atoms with Crippen LogP contribution in [-0.2, 0) is 9.53 Å². The molecule has 1 aliphatic heterocycles. The number of esters is 1. The van der Waals surface area contributed by atoms with Crippen molar-refractivity contribution >= 4 is 23.4 Å². The third-order valence-electron chi connectivity index (χ3n) is 5.46. The highest BCUT2D eigenvalue weighted by molar-refractivity contribution is 7.07. The first-order valence-corrected chi connectivity index (χ1v) is 12.3. The van der Waals surface area contributed by atoms with Crippen LogP contribution in [0.1, 0.15) is 44.9 Å². The summed E-state index contributed by atoms with van der Waals surface area (Å²) in [6.07, 6.45) is 1.79. The maximum Gasteiger partial charge on any atom is 0.338 e. The molecule has 3 aromatic rings. The van der Waals surface area contributed by atoms with Crippen molar-refractivity contribution in [3.05, 3.63) is 96.4 Å². The predicted molar refractivity (Wildman–Crippen MR) is 134 cm³/mol. The first-order chi connectivity index (χ1) is 16.8. The van der Waals surface area contributed by atoms with E-state index in [4.69, 9.17) is 9.47 Å². The molecule has 0 unspecified atom stereocenters. The van der Waals surface area contributed by atoms with Gasteiger partial charge in [-0.15, -0.1) is 0 Å². The molecule has 1 aromatic heterocycles. The highest BCUT2D eigenvalue weighted by Crippen LogP contribution is 2.30. The number of rotatable bonds is 7. The Kier molecular flexibility index (Phi) is 7.31. The Morgan fingerprint density at radius 3 is 2.49 bits per heavy atom. The summed E-state index contributed by atoms with van der Waals surface area (Å²) in [6, 6.07) is 12.5. The van der Waals surface area contributed by atoms with Crippen molar-refractivity contribution in [2.24, 2.45) is 10.9 Å². The molecule has 0 radical (unpaired) electrons. The molecule has 6 nitrogen and oxygen atoms in total. The molecule has 182 valence electrons. The maximum absolute atomic E-state index is 13.6. The Morgan fingerprint density at radius 1 is 1.17 bits per heavy atom. The molecular formula is C27H27FN2O4S. The number of hydrogen-bond acceptors (Lipinski definition) is 6. The number of benzene rings is 2. The van der Waals surface area contributed by atoms with Crippen LogP contribution in [0.25, 0.3) is 6.08 Å². The molecule has 35 heavy (non-hydrogen) atoms. The van der Waals surface area contributed by atoms with Gasteiger partial charge in [0, 0.05) is 0 Å². The number of carbonyl (C=O) groups is 1. The van der Waals surface area contributed by atoms with Crippen LogP contribution in [0, 0.1) is 11.7 Å². The average Bonchev–Trinajstić information content (AvgIpc) is 3.12. The number of hydrogen-bond donors (Lipinski definition) is 0. The second kappa shape index (κ2) is 10.4. The third kappa shape index (κ3) is 5.27. The van der Waals surface area contributed by atoms with Crippen molar-refractivity contribution in [3.8, 4) is 5.75 Å². The van der Waals surface area contributed by atoms with E-state index in [1.165, 1.54) is 28.0 Å². The van der Waals surface area contributed by atoms with Crippen molar-refractivity contribution in [1.29, 1.82) is 0 Å². The highest BCUT2D eigenvalue weighted by atomic mass is 32.1. The normalized spacial score (nSPS) is 15.7. The number of nitrogens with zero attached hydrogens (tertiary/aromatic N) is 2. The van der Waals surface area contributed by atoms with E-state index < -0.39 is 17.8 Å². The Labute approximate surface area is 206 Å². The van der Waals surface area contributed by atoms with Crippen LogP contribution in [-0.4, -0.2) is 23.8 Å². The molecule has 0 aliphatic carbocycles. The quantitative estimate of drug-likeness (QED) is 0.466. The number of carbonyl (C=O) groups excluding carboxylic acids is 1. The van der Waals surface area contributed by atoms with Gasteiger partial charge in [-0.3, -0.25) is 9.36 Å². The van der Waals surface area contributed by atoms with E-state index in [1.54, 1.807) is 32.1 Å². The second-order valence-electron chi connectivity index (χ2n) is 8.63. The van der Waals surface area contributed by atoms with E-state index in [-0.39, 0.29) is 17.7 Å². The van der Waals surface area contributed by atoms with Crippen molar-refractivity contribution in [1.82, 2.24) is 4.57 Å². The molecule has 0 N–H and O–H groups in total. The third-order valence-corrected chi connectivity index (χ3v) is 6.45. The lowest BCUT2D eigenvalue weighted by Crippen LogP contribution is -2.39. The van der Waals surface area contributed by atoms with E-state index >= 15 is 0 Å². The first-order valence-electron chi connectivity index (χ1n) is 11.5. The summed E-state index contributed by atoms with van der Waals surface area (Å²) in [7, 11) is 0. The van der Waals surface area contributed by atoms with Crippen molar-refractivity contribution in [2.45, 2.75) is 33.7 Å². The lowest BCUT2D eigenvalue weighted by Gasteiger charge is -2.24. The van der Waals surface area contributed by atoms with Crippen LogP contribution >= 0.6 is 11.3 Å². The Hall–Kier alpha value is -3.52. The SMILES string of the molecule is CCOC(=O)C1=C(C)N=c2s/c(=C/c3ccc(OCC(C)C)cc3)c(=O)n2[C@@H]1c1ccc(F)cc1. The van der Waals surface area contributed by atoms with Crippen LogP contribution in [0.5, 0.6) is 5.75 Å². The van der Waals surface area contributed by atoms with Crippen LogP contribution < -0.4 is 19.6 Å². The van der Waals surface area contributed by atoms with Crippen LogP contribution in [0.4, 0.5) is 4.39 Å². The van der Waals surface area contributed by atoms with Crippen molar-refractivity contribution in [3.63, 3.8) is 0 Å². The molecule has 8 heteroatoms. The fraction of sp³-hybridized carbons (Fsp3) is 0.296. The molecule has 2 aromatic carbocycles. The van der Waals surface area contributed by atoms with Gasteiger partial charge in [0.1, 0.15) is 11.6 Å². The molecule has 4 rings (SSSR count). The van der Waals surface area contributed by atoms with Gasteiger partial charge in [0.2, 0.25) is 0 Å². The summed E-state index contributed by atoms with van der Waals surface area (Å²) >= 11 is 1.24. The van der Waals surface area contributed by atoms with Gasteiger partial charge in [0.15, 0.2) is 4.80 Å². The van der Waals surface area contributed by atoms with E-state index in [0.29, 0.717) is 33.1 Å². The summed E-state index contributed by atoms with van der Waals surface area (Å²) in [5, 5.41) is 0. The zero-order valence-electron chi connectivity index (χ0n) is 20.1. The average molecular weight is 495 g/mol. The fourth-order valence-electron chi connectivity index (χ4n) is 3.83. The van der Waals surface area contributed by atoms with Gasteiger partial charge < -0.3 is 9.47 Å². The smallest absolute Gasteiger partial charge is 0.338 e. The number of halogens is 1. The van der Waals surface area contributed by atoms with E-state index in [0.717, 1.165) is 11.3 Å². The summed E-state index contributed by atoms with van der Waals surface area (Å²) in [4.78, 5) is 31.4. The molecule has 0 saturated heterocycles. The largest absolute Gasteiger partial charge is 0.493 e. The number of ether oxygens (including phenoxy) is 2. The Balaban J connectivity index is 1.80. The van der Waals surface area contributed by atoms with Gasteiger partial charge in [-0.1, -0.05) is 49.4 Å². The molecule has 1 atom stereocenters. The molecule has 2 heterocycles. The molecule has 0 saturated carbocycles. The maximum atomic E-state index is 13.6. The minimum absolute atomic E-state index is 0.188. The summed E-state index contributed by atoms with van der Waals surface area (Å²) in [6.45, 7) is 8.42. The van der Waals surface area contributed by atoms with E-state index in [9.17, 15) is 14.0 Å². The standard InChI is InChI=1S/C27H27FN2O4S/c1-5-33-26(32)23-17(4)29-27-30(24(23)19-8-10-20(28)11-9-19)25(31)22(35-27)14-18-6-12-21(13-7-18)34-15-16(2)3/h6-14,16,24H,5,15H2,1-4H3/b22-14+/t24-/m1/s1. The molecule has 1 aliphatic rings. The minimum atomic E-state index is -0.764. The topological polar surface area (TPSA) is 69.9 Å². The lowest BCUT2D eigenvalue weighted by atomic mass is 9.96. The molecule has 0 amide bonds.